The zero-order valence-electron chi connectivity index (χ0n) is 7.65. The summed E-state index contributed by atoms with van der Waals surface area (Å²) in [5, 5.41) is -0.337. The van der Waals surface area contributed by atoms with Crippen LogP contribution in [0, 0.1) is 0 Å². The van der Waals surface area contributed by atoms with Gasteiger partial charge in [-0.25, -0.2) is 0 Å². The number of carbonyl (C=O) groups excluding carboxylic acids is 2. The summed E-state index contributed by atoms with van der Waals surface area (Å²) in [7, 11) is 1.27. The third-order valence-corrected chi connectivity index (χ3v) is 2.71. The van der Waals surface area contributed by atoms with Crippen LogP contribution in [0.3, 0.4) is 0 Å². The minimum absolute atomic E-state index is 0.330. The fourth-order valence-electron chi connectivity index (χ4n) is 0.550. The van der Waals surface area contributed by atoms with E-state index in [-0.39, 0.29) is 5.25 Å². The molecule has 4 N–H and O–H groups in total. The topological polar surface area (TPSA) is 95.4 Å². The number of nitrogens with two attached hydrogens (primary N) is 2. The first kappa shape index (κ1) is 12.2. The number of hydrogen-bond acceptors (Lipinski definition) is 5. The van der Waals surface area contributed by atoms with Gasteiger partial charge in [0.25, 0.3) is 0 Å². The molecule has 0 aromatic rings. The predicted molar refractivity (Wildman–Crippen MR) is 51.1 cm³/mol. The average Bonchev–Trinajstić information content (AvgIpc) is 2.11. The molecule has 13 heavy (non-hydrogen) atoms. The molecule has 0 aromatic carbocycles. The molecular weight excluding hydrogens is 192 g/mol. The normalized spacial score (nSPS) is 14.7. The Morgan fingerprint density at radius 2 is 2.08 bits per heavy atom. The van der Waals surface area contributed by atoms with Crippen molar-refractivity contribution in [2.45, 2.75) is 18.2 Å². The Bertz CT molecular complexity index is 198. The van der Waals surface area contributed by atoms with E-state index in [9.17, 15) is 9.59 Å². The lowest BCUT2D eigenvalue weighted by Crippen LogP contribution is -2.35. The van der Waals surface area contributed by atoms with Crippen molar-refractivity contribution in [3.8, 4) is 0 Å². The Labute approximate surface area is 81.2 Å². The molecule has 5 nitrogen and oxygen atoms in total. The summed E-state index contributed by atoms with van der Waals surface area (Å²) < 4.78 is 4.41. The Hall–Kier alpha value is -0.750. The van der Waals surface area contributed by atoms with Gasteiger partial charge in [0, 0.05) is 5.75 Å². The lowest BCUT2D eigenvalue weighted by Gasteiger charge is -2.10. The maximum atomic E-state index is 10.8. The highest BCUT2D eigenvalue weighted by Gasteiger charge is 2.17. The largest absolute Gasteiger partial charge is 0.468 e. The van der Waals surface area contributed by atoms with E-state index in [2.05, 4.69) is 4.74 Å². The Morgan fingerprint density at radius 3 is 2.46 bits per heavy atom. The number of primary amides is 1. The number of esters is 1. The Balaban J connectivity index is 3.76. The van der Waals surface area contributed by atoms with Crippen molar-refractivity contribution in [1.82, 2.24) is 0 Å². The zero-order chi connectivity index (χ0) is 10.4. The fraction of sp³-hybridized carbons (Fsp3) is 0.714. The van der Waals surface area contributed by atoms with Crippen LogP contribution in [0.5, 0.6) is 0 Å². The molecule has 0 radical (unpaired) electrons. The van der Waals surface area contributed by atoms with Gasteiger partial charge >= 0.3 is 5.97 Å². The van der Waals surface area contributed by atoms with Gasteiger partial charge in [0.05, 0.1) is 12.4 Å². The van der Waals surface area contributed by atoms with Crippen LogP contribution in [-0.2, 0) is 14.3 Å². The summed E-state index contributed by atoms with van der Waals surface area (Å²) in [5.41, 5.74) is 10.4. The van der Waals surface area contributed by atoms with Crippen molar-refractivity contribution in [2.75, 3.05) is 12.9 Å². The molecule has 0 aliphatic heterocycles. The number of carbonyl (C=O) groups is 2. The third-order valence-electron chi connectivity index (χ3n) is 1.43. The smallest absolute Gasteiger partial charge is 0.323 e. The molecule has 1 amide bonds. The fourth-order valence-corrected chi connectivity index (χ4v) is 1.35. The van der Waals surface area contributed by atoms with E-state index >= 15 is 0 Å². The summed E-state index contributed by atoms with van der Waals surface area (Å²) in [6.07, 6.45) is 0. The van der Waals surface area contributed by atoms with E-state index in [0.717, 1.165) is 0 Å². The summed E-state index contributed by atoms with van der Waals surface area (Å²) in [4.78, 5) is 21.4. The molecule has 2 unspecified atom stereocenters. The van der Waals surface area contributed by atoms with Crippen LogP contribution in [0.25, 0.3) is 0 Å². The monoisotopic (exact) mass is 206 g/mol. The molecule has 0 aliphatic rings. The van der Waals surface area contributed by atoms with Crippen molar-refractivity contribution in [3.05, 3.63) is 0 Å². The molecule has 0 saturated carbocycles. The third kappa shape index (κ3) is 4.74. The van der Waals surface area contributed by atoms with E-state index in [0.29, 0.717) is 5.75 Å². The SMILES string of the molecule is COC(=O)C(N)CSC(C)C(N)=O. The molecule has 0 rings (SSSR count). The van der Waals surface area contributed by atoms with Gasteiger partial charge in [0.1, 0.15) is 6.04 Å². The summed E-state index contributed by atoms with van der Waals surface area (Å²) in [5.74, 6) is -0.567. The van der Waals surface area contributed by atoms with Gasteiger partial charge in [-0.3, -0.25) is 9.59 Å². The second kappa shape index (κ2) is 5.82. The number of hydrogen-bond donors (Lipinski definition) is 2. The number of thioether (sulfide) groups is 1. The number of rotatable bonds is 5. The number of ether oxygens (including phenoxy) is 1. The van der Waals surface area contributed by atoms with Gasteiger partial charge in [-0.1, -0.05) is 0 Å². The predicted octanol–water partition coefficient (Wildman–Crippen LogP) is -0.906. The number of amides is 1. The first-order valence-electron chi connectivity index (χ1n) is 3.73. The van der Waals surface area contributed by atoms with Crippen LogP contribution in [0.15, 0.2) is 0 Å². The van der Waals surface area contributed by atoms with Gasteiger partial charge in [-0.05, 0) is 6.92 Å². The molecule has 0 aromatic heterocycles. The molecule has 6 heteroatoms. The lowest BCUT2D eigenvalue weighted by atomic mass is 10.4. The van der Waals surface area contributed by atoms with Gasteiger partial charge in [-0.2, -0.15) is 0 Å². The zero-order valence-corrected chi connectivity index (χ0v) is 8.47. The van der Waals surface area contributed by atoms with Gasteiger partial charge in [0.15, 0.2) is 0 Å². The van der Waals surface area contributed by atoms with Crippen LogP contribution in [0.4, 0.5) is 0 Å². The van der Waals surface area contributed by atoms with Crippen LogP contribution >= 0.6 is 11.8 Å². The molecule has 0 saturated heterocycles. The first-order chi connectivity index (χ1) is 5.99. The Kier molecular flexibility index (Phi) is 5.48. The van der Waals surface area contributed by atoms with E-state index in [1.165, 1.54) is 18.9 Å². The molecule has 0 aliphatic carbocycles. The van der Waals surface area contributed by atoms with Crippen LogP contribution in [0.2, 0.25) is 0 Å². The van der Waals surface area contributed by atoms with Crippen LogP contribution in [0.1, 0.15) is 6.92 Å². The van der Waals surface area contributed by atoms with Crippen LogP contribution in [-0.4, -0.2) is 36.0 Å². The molecule has 0 heterocycles. The standard InChI is InChI=1S/C7H14N2O3S/c1-4(6(9)10)13-3-5(8)7(11)12-2/h4-5H,3,8H2,1-2H3,(H2,9,10). The van der Waals surface area contributed by atoms with E-state index in [4.69, 9.17) is 11.5 Å². The van der Waals surface area contributed by atoms with Gasteiger partial charge in [0.2, 0.25) is 5.91 Å². The highest BCUT2D eigenvalue weighted by molar-refractivity contribution is 8.00. The summed E-state index contributed by atoms with van der Waals surface area (Å²) >= 11 is 1.24. The van der Waals surface area contributed by atoms with E-state index < -0.39 is 17.9 Å². The average molecular weight is 206 g/mol. The first-order valence-corrected chi connectivity index (χ1v) is 4.78. The summed E-state index contributed by atoms with van der Waals surface area (Å²) in [6.45, 7) is 1.66. The summed E-state index contributed by atoms with van der Waals surface area (Å²) in [6, 6.07) is -0.697. The van der Waals surface area contributed by atoms with Crippen molar-refractivity contribution in [1.29, 1.82) is 0 Å². The van der Waals surface area contributed by atoms with Crippen molar-refractivity contribution in [2.24, 2.45) is 11.5 Å². The lowest BCUT2D eigenvalue weighted by molar-refractivity contribution is -0.141. The Morgan fingerprint density at radius 1 is 1.54 bits per heavy atom. The van der Waals surface area contributed by atoms with Crippen LogP contribution < -0.4 is 11.5 Å². The highest BCUT2D eigenvalue weighted by Crippen LogP contribution is 2.10. The van der Waals surface area contributed by atoms with Crippen molar-refractivity contribution >= 4 is 23.6 Å². The number of methoxy groups -OCH3 is 1. The quantitative estimate of drug-likeness (QED) is 0.568. The van der Waals surface area contributed by atoms with Gasteiger partial charge < -0.3 is 16.2 Å². The van der Waals surface area contributed by atoms with E-state index in [1.807, 2.05) is 0 Å². The minimum Gasteiger partial charge on any atom is -0.468 e. The van der Waals surface area contributed by atoms with Crippen molar-refractivity contribution in [3.63, 3.8) is 0 Å². The molecule has 0 bridgehead atoms. The molecule has 0 fully saturated rings. The minimum atomic E-state index is -0.697. The second-order valence-electron chi connectivity index (χ2n) is 2.51. The molecule has 0 spiro atoms. The highest BCUT2D eigenvalue weighted by atomic mass is 32.2. The second-order valence-corrected chi connectivity index (χ2v) is 3.88. The molecule has 76 valence electrons. The maximum Gasteiger partial charge on any atom is 0.323 e. The van der Waals surface area contributed by atoms with E-state index in [1.54, 1.807) is 6.92 Å². The molecular formula is C7H14N2O3S. The maximum absolute atomic E-state index is 10.8. The van der Waals surface area contributed by atoms with Gasteiger partial charge in [-0.15, -0.1) is 11.8 Å². The molecule has 2 atom stereocenters. The van der Waals surface area contributed by atoms with Crippen molar-refractivity contribution < 1.29 is 14.3 Å².